The molecule has 1 atom stereocenters. The highest BCUT2D eigenvalue weighted by molar-refractivity contribution is 5.82. The molecule has 0 aromatic heterocycles. The van der Waals surface area contributed by atoms with Gasteiger partial charge in [0, 0.05) is 12.7 Å². The third kappa shape index (κ3) is 12.5. The van der Waals surface area contributed by atoms with Crippen molar-refractivity contribution in [1.82, 2.24) is 0 Å². The van der Waals surface area contributed by atoms with E-state index in [2.05, 4.69) is 0 Å². The van der Waals surface area contributed by atoms with Crippen molar-refractivity contribution < 1.29 is 28.5 Å². The summed E-state index contributed by atoms with van der Waals surface area (Å²) in [6.45, 7) is 9.02. The fourth-order valence-electron chi connectivity index (χ4n) is 2.07. The molecular weight excluding hydrogens is 312 g/mol. The Bertz CT molecular complexity index is 355. The molecule has 0 bridgehead atoms. The van der Waals surface area contributed by atoms with E-state index in [0.717, 1.165) is 19.4 Å². The van der Waals surface area contributed by atoms with Gasteiger partial charge in [0.05, 0.1) is 33.0 Å². The molecule has 1 heterocycles. The third-order valence-electron chi connectivity index (χ3n) is 3.13. The number of esters is 1. The van der Waals surface area contributed by atoms with Gasteiger partial charge in [-0.2, -0.15) is 0 Å². The summed E-state index contributed by atoms with van der Waals surface area (Å²) in [6, 6.07) is 0. The van der Waals surface area contributed by atoms with Crippen molar-refractivity contribution >= 4 is 5.97 Å². The Hall–Kier alpha value is -0.950. The van der Waals surface area contributed by atoms with E-state index >= 15 is 0 Å². The first-order chi connectivity index (χ1) is 11.5. The van der Waals surface area contributed by atoms with Crippen LogP contribution in [0, 0.1) is 0 Å². The van der Waals surface area contributed by atoms with Crippen LogP contribution < -0.4 is 0 Å². The van der Waals surface area contributed by atoms with Gasteiger partial charge >= 0.3 is 5.97 Å². The molecule has 0 aliphatic carbocycles. The summed E-state index contributed by atoms with van der Waals surface area (Å²) in [4.78, 5) is 11.4. The fourth-order valence-corrected chi connectivity index (χ4v) is 2.07. The van der Waals surface area contributed by atoms with Gasteiger partial charge in [-0.1, -0.05) is 6.08 Å². The molecule has 1 rings (SSSR count). The summed E-state index contributed by atoms with van der Waals surface area (Å²) in [5.41, 5.74) is -0.456. The quantitative estimate of drug-likeness (QED) is 0.326. The van der Waals surface area contributed by atoms with E-state index in [-0.39, 0.29) is 12.3 Å². The smallest absolute Gasteiger partial charge is 0.330 e. The van der Waals surface area contributed by atoms with E-state index in [4.69, 9.17) is 23.7 Å². The van der Waals surface area contributed by atoms with Crippen LogP contribution in [-0.2, 0) is 28.5 Å². The zero-order valence-corrected chi connectivity index (χ0v) is 15.3. The summed E-state index contributed by atoms with van der Waals surface area (Å²) >= 11 is 0. The van der Waals surface area contributed by atoms with Crippen molar-refractivity contribution in [3.05, 3.63) is 12.2 Å². The molecule has 140 valence electrons. The molecule has 0 aromatic carbocycles. The third-order valence-corrected chi connectivity index (χ3v) is 3.13. The van der Waals surface area contributed by atoms with Crippen molar-refractivity contribution in [3.8, 4) is 0 Å². The van der Waals surface area contributed by atoms with Gasteiger partial charge in [-0.05, 0) is 46.5 Å². The minimum Gasteiger partial charge on any atom is -0.457 e. The lowest BCUT2D eigenvalue weighted by atomic mass is 10.2. The fraction of sp³-hybridized carbons (Fsp3) is 0.833. The summed E-state index contributed by atoms with van der Waals surface area (Å²) < 4.78 is 27.0. The van der Waals surface area contributed by atoms with Crippen molar-refractivity contribution in [2.45, 2.75) is 58.3 Å². The molecule has 0 saturated carbocycles. The molecule has 1 aliphatic heterocycles. The van der Waals surface area contributed by atoms with Gasteiger partial charge in [0.25, 0.3) is 0 Å². The second-order valence-corrected chi connectivity index (χ2v) is 6.62. The van der Waals surface area contributed by atoms with E-state index in [0.29, 0.717) is 39.5 Å². The molecule has 0 aromatic rings. The maximum Gasteiger partial charge on any atom is 0.330 e. The Morgan fingerprint density at radius 3 is 2.46 bits per heavy atom. The second-order valence-electron chi connectivity index (χ2n) is 6.62. The molecule has 1 fully saturated rings. The van der Waals surface area contributed by atoms with Crippen LogP contribution in [0.1, 0.15) is 46.5 Å². The highest BCUT2D eigenvalue weighted by Crippen LogP contribution is 2.13. The lowest BCUT2D eigenvalue weighted by Gasteiger charge is -2.22. The average Bonchev–Trinajstić information content (AvgIpc) is 2.52. The number of hydrogen-bond donors (Lipinski definition) is 0. The zero-order valence-electron chi connectivity index (χ0n) is 15.3. The standard InChI is InChI=1S/C18H32O6/c1-18(2,3)24-16(19)8-4-6-10-20-12-13-21-14-15-23-17-9-5-7-11-22-17/h4,8,17H,5-7,9-15H2,1-3H3. The van der Waals surface area contributed by atoms with E-state index in [9.17, 15) is 4.79 Å². The maximum absolute atomic E-state index is 11.4. The van der Waals surface area contributed by atoms with E-state index in [1.165, 1.54) is 12.5 Å². The minimum atomic E-state index is -0.456. The molecular formula is C18H32O6. The van der Waals surface area contributed by atoms with Crippen molar-refractivity contribution in [3.63, 3.8) is 0 Å². The molecule has 0 radical (unpaired) electrons. The predicted molar refractivity (Wildman–Crippen MR) is 90.8 cm³/mol. The molecule has 24 heavy (non-hydrogen) atoms. The lowest BCUT2D eigenvalue weighted by molar-refractivity contribution is -0.169. The average molecular weight is 344 g/mol. The summed E-state index contributed by atoms with van der Waals surface area (Å²) in [7, 11) is 0. The van der Waals surface area contributed by atoms with E-state index in [1.54, 1.807) is 6.08 Å². The largest absolute Gasteiger partial charge is 0.457 e. The molecule has 6 nitrogen and oxygen atoms in total. The molecule has 0 amide bonds. The highest BCUT2D eigenvalue weighted by Gasteiger charge is 2.14. The molecule has 1 aliphatic rings. The van der Waals surface area contributed by atoms with Crippen LogP contribution in [0.3, 0.4) is 0 Å². The Morgan fingerprint density at radius 1 is 1.08 bits per heavy atom. The Kier molecular flexibility index (Phi) is 10.9. The van der Waals surface area contributed by atoms with Gasteiger partial charge in [-0.3, -0.25) is 0 Å². The van der Waals surface area contributed by atoms with Crippen LogP contribution in [0.5, 0.6) is 0 Å². The molecule has 0 spiro atoms. The first-order valence-electron chi connectivity index (χ1n) is 8.75. The molecule has 1 unspecified atom stereocenters. The maximum atomic E-state index is 11.4. The van der Waals surface area contributed by atoms with Gasteiger partial charge < -0.3 is 23.7 Å². The highest BCUT2D eigenvalue weighted by atomic mass is 16.7. The van der Waals surface area contributed by atoms with E-state index < -0.39 is 5.60 Å². The van der Waals surface area contributed by atoms with Gasteiger partial charge in [-0.15, -0.1) is 0 Å². The number of carbonyl (C=O) groups excluding carboxylic acids is 1. The predicted octanol–water partition coefficient (Wildman–Crippen LogP) is 2.85. The van der Waals surface area contributed by atoms with Gasteiger partial charge in [-0.25, -0.2) is 4.79 Å². The molecule has 6 heteroatoms. The van der Waals surface area contributed by atoms with Gasteiger partial charge in [0.1, 0.15) is 5.60 Å². The number of rotatable bonds is 11. The number of carbonyl (C=O) groups is 1. The van der Waals surface area contributed by atoms with Crippen LogP contribution in [0.15, 0.2) is 12.2 Å². The van der Waals surface area contributed by atoms with Crippen LogP contribution in [0.4, 0.5) is 0 Å². The van der Waals surface area contributed by atoms with Crippen LogP contribution in [-0.4, -0.2) is 57.5 Å². The second kappa shape index (κ2) is 12.4. The number of hydrogen-bond acceptors (Lipinski definition) is 6. The number of ether oxygens (including phenoxy) is 5. The summed E-state index contributed by atoms with van der Waals surface area (Å²) in [5.74, 6) is -0.326. The minimum absolute atomic E-state index is 0.0599. The topological polar surface area (TPSA) is 63.2 Å². The lowest BCUT2D eigenvalue weighted by Crippen LogP contribution is -2.24. The normalized spacial score (nSPS) is 18.9. The first kappa shape index (κ1) is 21.1. The summed E-state index contributed by atoms with van der Waals surface area (Å²) in [6.07, 6.45) is 7.07. The SMILES string of the molecule is CC(C)(C)OC(=O)C=CCCOCCOCCOC1CCCCO1. The van der Waals surface area contributed by atoms with Crippen LogP contribution in [0.25, 0.3) is 0 Å². The van der Waals surface area contributed by atoms with Crippen molar-refractivity contribution in [1.29, 1.82) is 0 Å². The van der Waals surface area contributed by atoms with Crippen LogP contribution in [0.2, 0.25) is 0 Å². The monoisotopic (exact) mass is 344 g/mol. The van der Waals surface area contributed by atoms with Crippen molar-refractivity contribution in [2.24, 2.45) is 0 Å². The first-order valence-corrected chi connectivity index (χ1v) is 8.75. The van der Waals surface area contributed by atoms with Crippen molar-refractivity contribution in [2.75, 3.05) is 39.6 Å². The van der Waals surface area contributed by atoms with Gasteiger partial charge in [0.15, 0.2) is 6.29 Å². The Morgan fingerprint density at radius 2 is 1.79 bits per heavy atom. The molecule has 1 saturated heterocycles. The van der Waals surface area contributed by atoms with E-state index in [1.807, 2.05) is 20.8 Å². The van der Waals surface area contributed by atoms with Crippen LogP contribution >= 0.6 is 0 Å². The Balaban J connectivity index is 1.84. The summed E-state index contributed by atoms with van der Waals surface area (Å²) in [5, 5.41) is 0. The van der Waals surface area contributed by atoms with Gasteiger partial charge in [0.2, 0.25) is 0 Å². The zero-order chi connectivity index (χ0) is 17.7. The Labute approximate surface area is 145 Å². The molecule has 0 N–H and O–H groups in total.